The Labute approximate surface area is 132 Å². The van der Waals surface area contributed by atoms with Gasteiger partial charge in [-0.05, 0) is 44.4 Å². The van der Waals surface area contributed by atoms with Crippen LogP contribution in [0.5, 0.6) is 11.5 Å². The highest BCUT2D eigenvalue weighted by atomic mass is 16.5. The van der Waals surface area contributed by atoms with Gasteiger partial charge < -0.3 is 15.2 Å². The van der Waals surface area contributed by atoms with Gasteiger partial charge in [0.15, 0.2) is 11.5 Å². The Morgan fingerprint density at radius 2 is 2.14 bits per heavy atom. The molecule has 4 nitrogen and oxygen atoms in total. The summed E-state index contributed by atoms with van der Waals surface area (Å²) in [6, 6.07) is 5.05. The van der Waals surface area contributed by atoms with Gasteiger partial charge in [-0.25, -0.2) is 0 Å². The SMILES string of the molecule is COc1cc(CNC(=O)CCC/C=C/C=C(C)C)ccc1O. The Morgan fingerprint density at radius 3 is 2.82 bits per heavy atom. The summed E-state index contributed by atoms with van der Waals surface area (Å²) in [7, 11) is 1.50. The fraction of sp³-hybridized carbons (Fsp3) is 0.389. The molecule has 1 aromatic rings. The maximum absolute atomic E-state index is 11.8. The summed E-state index contributed by atoms with van der Waals surface area (Å²) >= 11 is 0. The number of unbranched alkanes of at least 4 members (excludes halogenated alkanes) is 1. The number of hydrogen-bond acceptors (Lipinski definition) is 3. The number of methoxy groups -OCH3 is 1. The molecule has 0 spiro atoms. The van der Waals surface area contributed by atoms with Crippen molar-refractivity contribution in [2.45, 2.75) is 39.7 Å². The van der Waals surface area contributed by atoms with Crippen LogP contribution in [0.3, 0.4) is 0 Å². The second-order valence-corrected chi connectivity index (χ2v) is 5.35. The van der Waals surface area contributed by atoms with Gasteiger partial charge in [0.05, 0.1) is 7.11 Å². The van der Waals surface area contributed by atoms with Gasteiger partial charge in [-0.2, -0.15) is 0 Å². The molecule has 0 atom stereocenters. The number of phenolic OH excluding ortho intramolecular Hbond substituents is 1. The van der Waals surface area contributed by atoms with E-state index in [1.807, 2.05) is 6.08 Å². The molecule has 0 aromatic heterocycles. The van der Waals surface area contributed by atoms with Gasteiger partial charge in [-0.3, -0.25) is 4.79 Å². The highest BCUT2D eigenvalue weighted by molar-refractivity contribution is 5.75. The average molecular weight is 303 g/mol. The van der Waals surface area contributed by atoms with Gasteiger partial charge in [-0.15, -0.1) is 0 Å². The lowest BCUT2D eigenvalue weighted by Gasteiger charge is -2.08. The zero-order valence-electron chi connectivity index (χ0n) is 13.6. The number of carbonyl (C=O) groups excluding carboxylic acids is 1. The minimum absolute atomic E-state index is 0.0302. The molecule has 1 aromatic carbocycles. The van der Waals surface area contributed by atoms with E-state index in [-0.39, 0.29) is 11.7 Å². The van der Waals surface area contributed by atoms with Crippen molar-refractivity contribution in [1.82, 2.24) is 5.32 Å². The Morgan fingerprint density at radius 1 is 1.36 bits per heavy atom. The van der Waals surface area contributed by atoms with Crippen molar-refractivity contribution < 1.29 is 14.6 Å². The summed E-state index contributed by atoms with van der Waals surface area (Å²) in [6.45, 7) is 4.54. The van der Waals surface area contributed by atoms with Crippen LogP contribution >= 0.6 is 0 Å². The Bertz CT molecular complexity index is 543. The van der Waals surface area contributed by atoms with E-state index in [1.54, 1.807) is 18.2 Å². The van der Waals surface area contributed by atoms with Gasteiger partial charge >= 0.3 is 0 Å². The highest BCUT2D eigenvalue weighted by Crippen LogP contribution is 2.26. The van der Waals surface area contributed by atoms with Crippen LogP contribution < -0.4 is 10.1 Å². The zero-order chi connectivity index (χ0) is 16.4. The van der Waals surface area contributed by atoms with Crippen LogP contribution in [0, 0.1) is 0 Å². The molecule has 0 aliphatic carbocycles. The second-order valence-electron chi connectivity index (χ2n) is 5.35. The number of nitrogens with one attached hydrogen (secondary N) is 1. The van der Waals surface area contributed by atoms with Crippen LogP contribution in [0.2, 0.25) is 0 Å². The van der Waals surface area contributed by atoms with Gasteiger partial charge in [0, 0.05) is 13.0 Å². The summed E-state index contributed by atoms with van der Waals surface area (Å²) in [6.07, 6.45) is 8.38. The predicted octanol–water partition coefficient (Wildman–Crippen LogP) is 3.71. The van der Waals surface area contributed by atoms with E-state index in [2.05, 4.69) is 31.3 Å². The Kier molecular flexibility index (Phi) is 7.83. The minimum atomic E-state index is 0.0302. The monoisotopic (exact) mass is 303 g/mol. The van der Waals surface area contributed by atoms with Crippen LogP contribution in [0.4, 0.5) is 0 Å². The molecule has 4 heteroatoms. The summed E-state index contributed by atoms with van der Waals surface area (Å²) in [5.74, 6) is 0.541. The lowest BCUT2D eigenvalue weighted by atomic mass is 10.2. The molecule has 1 rings (SSSR count). The molecule has 0 aliphatic rings. The second kappa shape index (κ2) is 9.66. The van der Waals surface area contributed by atoms with Crippen molar-refractivity contribution in [3.63, 3.8) is 0 Å². The number of rotatable bonds is 8. The molecule has 0 saturated heterocycles. The highest BCUT2D eigenvalue weighted by Gasteiger charge is 2.04. The average Bonchev–Trinajstić information content (AvgIpc) is 2.49. The molecule has 0 saturated carbocycles. The first-order valence-corrected chi connectivity index (χ1v) is 7.45. The van der Waals surface area contributed by atoms with Gasteiger partial charge in [0.25, 0.3) is 0 Å². The third-order valence-electron chi connectivity index (χ3n) is 3.07. The first-order valence-electron chi connectivity index (χ1n) is 7.45. The Hall–Kier alpha value is -2.23. The van der Waals surface area contributed by atoms with E-state index in [9.17, 15) is 9.90 Å². The van der Waals surface area contributed by atoms with Crippen LogP contribution in [-0.4, -0.2) is 18.1 Å². The summed E-state index contributed by atoms with van der Waals surface area (Å²) in [5, 5.41) is 12.4. The molecule has 0 unspecified atom stereocenters. The molecule has 120 valence electrons. The van der Waals surface area contributed by atoms with E-state index in [0.29, 0.717) is 18.7 Å². The molecule has 0 heterocycles. The molecule has 0 bridgehead atoms. The number of hydrogen-bond donors (Lipinski definition) is 2. The number of phenols is 1. The van der Waals surface area contributed by atoms with Gasteiger partial charge in [0.2, 0.25) is 5.91 Å². The first kappa shape index (κ1) is 17.8. The van der Waals surface area contributed by atoms with E-state index in [0.717, 1.165) is 18.4 Å². The largest absolute Gasteiger partial charge is 0.504 e. The fourth-order valence-corrected chi connectivity index (χ4v) is 1.86. The van der Waals surface area contributed by atoms with Gasteiger partial charge in [-0.1, -0.05) is 29.9 Å². The summed E-state index contributed by atoms with van der Waals surface area (Å²) in [4.78, 5) is 11.8. The molecule has 0 aliphatic heterocycles. The number of benzene rings is 1. The topological polar surface area (TPSA) is 58.6 Å². The van der Waals surface area contributed by atoms with Crippen molar-refractivity contribution in [3.05, 3.63) is 47.6 Å². The van der Waals surface area contributed by atoms with Gasteiger partial charge in [0.1, 0.15) is 0 Å². The molecule has 1 amide bonds. The molecule has 0 radical (unpaired) electrons. The van der Waals surface area contributed by atoms with E-state index in [4.69, 9.17) is 4.74 Å². The number of allylic oxidation sites excluding steroid dienone is 4. The van der Waals surface area contributed by atoms with Crippen molar-refractivity contribution >= 4 is 5.91 Å². The maximum Gasteiger partial charge on any atom is 0.220 e. The molecule has 0 fully saturated rings. The third-order valence-corrected chi connectivity index (χ3v) is 3.07. The quantitative estimate of drug-likeness (QED) is 0.568. The number of ether oxygens (including phenoxy) is 1. The van der Waals surface area contributed by atoms with Crippen molar-refractivity contribution in [1.29, 1.82) is 0 Å². The van der Waals surface area contributed by atoms with Crippen molar-refractivity contribution in [2.24, 2.45) is 0 Å². The van der Waals surface area contributed by atoms with E-state index in [1.165, 1.54) is 12.7 Å². The van der Waals surface area contributed by atoms with E-state index >= 15 is 0 Å². The molecule has 22 heavy (non-hydrogen) atoms. The minimum Gasteiger partial charge on any atom is -0.504 e. The first-order chi connectivity index (χ1) is 10.5. The lowest BCUT2D eigenvalue weighted by Crippen LogP contribution is -2.22. The van der Waals surface area contributed by atoms with Crippen LogP contribution in [0.25, 0.3) is 0 Å². The summed E-state index contributed by atoms with van der Waals surface area (Å²) in [5.41, 5.74) is 2.16. The fourth-order valence-electron chi connectivity index (χ4n) is 1.86. The van der Waals surface area contributed by atoms with Crippen LogP contribution in [-0.2, 0) is 11.3 Å². The molecular formula is C18H25NO3. The number of aromatic hydroxyl groups is 1. The number of carbonyl (C=O) groups is 1. The zero-order valence-corrected chi connectivity index (χ0v) is 13.6. The Balaban J connectivity index is 2.29. The molecule has 2 N–H and O–H groups in total. The standard InChI is InChI=1S/C18H25NO3/c1-14(2)8-6-4-5-7-9-18(21)19-13-15-10-11-16(20)17(12-15)22-3/h4,6,8,10-12,20H,5,7,9,13H2,1-3H3,(H,19,21)/b6-4+. The van der Waals surface area contributed by atoms with Crippen molar-refractivity contribution in [3.8, 4) is 11.5 Å². The molecular weight excluding hydrogens is 278 g/mol. The van der Waals surface area contributed by atoms with E-state index < -0.39 is 0 Å². The predicted molar refractivity (Wildman–Crippen MR) is 88.9 cm³/mol. The normalized spacial score (nSPS) is 10.5. The summed E-state index contributed by atoms with van der Waals surface area (Å²) < 4.78 is 5.04. The number of amides is 1. The third kappa shape index (κ3) is 6.97. The van der Waals surface area contributed by atoms with Crippen LogP contribution in [0.15, 0.2) is 42.0 Å². The maximum atomic E-state index is 11.8. The lowest BCUT2D eigenvalue weighted by molar-refractivity contribution is -0.121. The smallest absolute Gasteiger partial charge is 0.220 e. The van der Waals surface area contributed by atoms with Crippen molar-refractivity contribution in [2.75, 3.05) is 7.11 Å². The van der Waals surface area contributed by atoms with Crippen LogP contribution in [0.1, 0.15) is 38.7 Å².